The number of nitrogens with one attached hydrogen (secondary N) is 2. The minimum absolute atomic E-state index is 0.0655. The molecule has 3 aliphatic carbocycles. The molecule has 9 nitrogen and oxygen atoms in total. The molecule has 1 aliphatic heterocycles. The van der Waals surface area contributed by atoms with Gasteiger partial charge in [-0.15, -0.1) is 0 Å². The summed E-state index contributed by atoms with van der Waals surface area (Å²) in [6.45, 7) is 9.83. The Morgan fingerprint density at radius 2 is 2.09 bits per heavy atom. The van der Waals surface area contributed by atoms with Gasteiger partial charge in [0.15, 0.2) is 5.96 Å². The smallest absolute Gasteiger partial charge is 0.261 e. The number of nitrogens with zero attached hydrogens (tertiary/aromatic N) is 4. The zero-order valence-corrected chi connectivity index (χ0v) is 25.5. The van der Waals surface area contributed by atoms with Gasteiger partial charge in [0, 0.05) is 56.5 Å². The number of guanidine groups is 1. The van der Waals surface area contributed by atoms with Gasteiger partial charge in [0.1, 0.15) is 11.6 Å². The first-order valence-electron chi connectivity index (χ1n) is 15.4. The Morgan fingerprint density at radius 3 is 2.81 bits per heavy atom. The van der Waals surface area contributed by atoms with Crippen molar-refractivity contribution < 1.29 is 14.2 Å². The second kappa shape index (κ2) is 11.9. The van der Waals surface area contributed by atoms with Crippen molar-refractivity contribution in [3.8, 4) is 5.75 Å². The number of rotatable bonds is 7. The zero-order chi connectivity index (χ0) is 30.3. The van der Waals surface area contributed by atoms with E-state index in [0.29, 0.717) is 53.1 Å². The van der Waals surface area contributed by atoms with Crippen LogP contribution >= 0.6 is 0 Å². The Kier molecular flexibility index (Phi) is 8.17. The number of aliphatic imine (C=N–C) groups is 1. The third-order valence-electron chi connectivity index (χ3n) is 10.2. The molecule has 1 saturated heterocycles. The van der Waals surface area contributed by atoms with E-state index >= 15 is 0 Å². The fourth-order valence-electron chi connectivity index (χ4n) is 7.41. The number of anilines is 1. The fraction of sp³-hybridized carbons (Fsp3) is 0.545. The molecule has 2 heterocycles. The first-order chi connectivity index (χ1) is 20.7. The van der Waals surface area contributed by atoms with Crippen LogP contribution in [-0.2, 0) is 13.0 Å². The van der Waals surface area contributed by atoms with Crippen LogP contribution in [0, 0.1) is 29.0 Å². The predicted octanol–water partition coefficient (Wildman–Crippen LogP) is 3.89. The summed E-state index contributed by atoms with van der Waals surface area (Å²) in [5, 5.41) is 18.0. The fourth-order valence-corrected chi connectivity index (χ4v) is 7.41. The molecular weight excluding hydrogens is 547 g/mol. The van der Waals surface area contributed by atoms with Crippen LogP contribution in [0.2, 0.25) is 0 Å². The molecule has 0 radical (unpaired) electrons. The summed E-state index contributed by atoms with van der Waals surface area (Å²) in [5.74, 6) is 2.19. The van der Waals surface area contributed by atoms with E-state index in [1.54, 1.807) is 18.2 Å². The van der Waals surface area contributed by atoms with Gasteiger partial charge in [-0.3, -0.25) is 9.36 Å². The van der Waals surface area contributed by atoms with E-state index in [9.17, 15) is 14.3 Å². The third kappa shape index (κ3) is 5.74. The molecular formula is C33H43FN6O3. The lowest BCUT2D eigenvalue weighted by atomic mass is 9.44. The van der Waals surface area contributed by atoms with Gasteiger partial charge in [-0.25, -0.2) is 14.4 Å². The Hall–Kier alpha value is -3.50. The molecule has 0 spiro atoms. The zero-order valence-electron chi connectivity index (χ0n) is 25.5. The maximum Gasteiger partial charge on any atom is 0.261 e. The van der Waals surface area contributed by atoms with Crippen LogP contribution < -0.4 is 20.9 Å². The SMILES string of the molecule is COc1ccc(CCn2cnc3cc(NC(=N[C@H]4C[C@@H]5C[C@@H]([C@H]4CO)C5(C)C)N4CCN[C@@H](C)C4)ccc3c2=O)c(F)c1. The number of halogens is 1. The maximum atomic E-state index is 14.4. The highest BCUT2D eigenvalue weighted by atomic mass is 19.1. The van der Waals surface area contributed by atoms with Crippen LogP contribution in [0.4, 0.5) is 10.1 Å². The predicted molar refractivity (Wildman–Crippen MR) is 167 cm³/mol. The third-order valence-corrected chi connectivity index (χ3v) is 10.2. The number of hydrogen-bond donors (Lipinski definition) is 3. The van der Waals surface area contributed by atoms with Gasteiger partial charge in [0.25, 0.3) is 5.56 Å². The van der Waals surface area contributed by atoms with E-state index in [2.05, 4.69) is 41.3 Å². The molecule has 2 bridgehead atoms. The van der Waals surface area contributed by atoms with Gasteiger partial charge in [-0.05, 0) is 73.3 Å². The summed E-state index contributed by atoms with van der Waals surface area (Å²) < 4.78 is 21.0. The lowest BCUT2D eigenvalue weighted by Crippen LogP contribution is -2.59. The highest BCUT2D eigenvalue weighted by molar-refractivity contribution is 5.96. The van der Waals surface area contributed by atoms with Crippen molar-refractivity contribution in [2.24, 2.45) is 28.2 Å². The molecule has 4 aliphatic rings. The number of aliphatic hydroxyl groups is 1. The van der Waals surface area contributed by atoms with Crippen molar-refractivity contribution in [1.82, 2.24) is 19.8 Å². The van der Waals surface area contributed by atoms with Crippen LogP contribution in [0.5, 0.6) is 5.75 Å². The first kappa shape index (κ1) is 29.6. The topological polar surface area (TPSA) is 104 Å². The van der Waals surface area contributed by atoms with Crippen molar-refractivity contribution in [2.45, 2.75) is 58.7 Å². The Balaban J connectivity index is 1.23. The molecule has 43 heavy (non-hydrogen) atoms. The van der Waals surface area contributed by atoms with Crippen LogP contribution in [0.1, 0.15) is 39.2 Å². The van der Waals surface area contributed by atoms with Crippen molar-refractivity contribution >= 4 is 22.5 Å². The largest absolute Gasteiger partial charge is 0.497 e. The lowest BCUT2D eigenvalue weighted by Gasteiger charge is -2.61. The monoisotopic (exact) mass is 590 g/mol. The number of benzene rings is 2. The van der Waals surface area contributed by atoms with E-state index in [1.165, 1.54) is 30.5 Å². The minimum atomic E-state index is -0.354. The highest BCUT2D eigenvalue weighted by Gasteiger charge is 2.57. The molecule has 10 heteroatoms. The van der Waals surface area contributed by atoms with Crippen LogP contribution in [0.25, 0.3) is 10.9 Å². The number of ether oxygens (including phenoxy) is 1. The highest BCUT2D eigenvalue weighted by Crippen LogP contribution is 2.61. The molecule has 3 N–H and O–H groups in total. The van der Waals surface area contributed by atoms with E-state index in [1.807, 2.05) is 12.1 Å². The normalized spacial score (nSPS) is 26.7. The summed E-state index contributed by atoms with van der Waals surface area (Å²) in [6, 6.07) is 10.7. The van der Waals surface area contributed by atoms with E-state index < -0.39 is 0 Å². The van der Waals surface area contributed by atoms with Gasteiger partial charge in [0.05, 0.1) is 30.4 Å². The summed E-state index contributed by atoms with van der Waals surface area (Å²) in [5.41, 5.74) is 2.01. The maximum absolute atomic E-state index is 14.4. The average Bonchev–Trinajstić information content (AvgIpc) is 3.00. The molecule has 0 unspecified atom stereocenters. The summed E-state index contributed by atoms with van der Waals surface area (Å²) in [6.07, 6.45) is 4.06. The van der Waals surface area contributed by atoms with Crippen LogP contribution in [0.15, 0.2) is 52.5 Å². The Bertz CT molecular complexity index is 1570. The second-order valence-electron chi connectivity index (χ2n) is 13.1. The van der Waals surface area contributed by atoms with Gasteiger partial charge >= 0.3 is 0 Å². The molecule has 0 amide bonds. The molecule has 3 aromatic rings. The average molecular weight is 591 g/mol. The summed E-state index contributed by atoms with van der Waals surface area (Å²) >= 11 is 0. The van der Waals surface area contributed by atoms with Crippen LogP contribution in [-0.4, -0.2) is 71.0 Å². The number of aromatic nitrogens is 2. The van der Waals surface area contributed by atoms with Gasteiger partial charge in [-0.1, -0.05) is 19.9 Å². The van der Waals surface area contributed by atoms with E-state index in [4.69, 9.17) is 9.73 Å². The quantitative estimate of drug-likeness (QED) is 0.283. The Morgan fingerprint density at radius 1 is 1.26 bits per heavy atom. The number of aryl methyl sites for hydroxylation is 2. The number of hydrogen-bond acceptors (Lipinski definition) is 6. The number of fused-ring (bicyclic) bond motifs is 3. The molecule has 5 atom stereocenters. The van der Waals surface area contributed by atoms with Crippen molar-refractivity contribution in [3.63, 3.8) is 0 Å². The molecule has 2 aromatic carbocycles. The molecule has 1 aromatic heterocycles. The standard InChI is InChI=1S/C33H43FN6O3/c1-20-17-39(12-10-35-20)32(38-30-14-22-13-27(26(30)18-41)33(22,2)3)37-23-6-8-25-29(15-23)36-19-40(31(25)42)11-9-21-5-7-24(43-4)16-28(21)34/h5-8,15-16,19-20,22,26-27,30,35,41H,9-14,17-18H2,1-4H3,(H,37,38)/t20-,22-,26+,27-,30-/m0/s1. The van der Waals surface area contributed by atoms with Crippen molar-refractivity contribution in [2.75, 3.05) is 38.7 Å². The molecule has 3 saturated carbocycles. The number of piperazine rings is 1. The van der Waals surface area contributed by atoms with E-state index in [0.717, 1.165) is 37.7 Å². The van der Waals surface area contributed by atoms with Crippen molar-refractivity contribution in [1.29, 1.82) is 0 Å². The first-order valence-corrected chi connectivity index (χ1v) is 15.4. The lowest BCUT2D eigenvalue weighted by molar-refractivity contribution is -0.125. The number of aliphatic hydroxyl groups excluding tert-OH is 1. The molecule has 7 rings (SSSR count). The summed E-state index contributed by atoms with van der Waals surface area (Å²) in [4.78, 5) is 25.5. The van der Waals surface area contributed by atoms with Gasteiger partial charge in [0.2, 0.25) is 0 Å². The molecule has 4 fully saturated rings. The van der Waals surface area contributed by atoms with E-state index in [-0.39, 0.29) is 35.4 Å². The van der Waals surface area contributed by atoms with Gasteiger partial charge in [-0.2, -0.15) is 0 Å². The number of methoxy groups -OCH3 is 1. The second-order valence-corrected chi connectivity index (χ2v) is 13.1. The molecule has 230 valence electrons. The van der Waals surface area contributed by atoms with Gasteiger partial charge < -0.3 is 25.4 Å². The van der Waals surface area contributed by atoms with Crippen molar-refractivity contribution in [3.05, 3.63) is 64.5 Å². The Labute approximate surface area is 252 Å². The van der Waals surface area contributed by atoms with Crippen LogP contribution in [0.3, 0.4) is 0 Å². The summed E-state index contributed by atoms with van der Waals surface area (Å²) in [7, 11) is 1.50. The minimum Gasteiger partial charge on any atom is -0.497 e.